The smallest absolute Gasteiger partial charge is 0.251 e. The molecule has 1 amide bonds. The molecule has 2 aromatic carbocycles. The summed E-state index contributed by atoms with van der Waals surface area (Å²) in [5.74, 6) is 1.36. The number of nitrogens with zero attached hydrogens (tertiary/aromatic N) is 3. The third-order valence-electron chi connectivity index (χ3n) is 6.11. The summed E-state index contributed by atoms with van der Waals surface area (Å²) in [4.78, 5) is 21.9. The van der Waals surface area contributed by atoms with Crippen molar-refractivity contribution in [2.45, 2.75) is 26.8 Å². The fraction of sp³-hybridized carbons (Fsp3) is 0.407. The van der Waals surface area contributed by atoms with Crippen LogP contribution in [0.1, 0.15) is 35.2 Å². The first-order valence-electron chi connectivity index (χ1n) is 12.1. The Morgan fingerprint density at radius 3 is 2.50 bits per heavy atom. The van der Waals surface area contributed by atoms with E-state index in [-0.39, 0.29) is 5.91 Å². The van der Waals surface area contributed by atoms with Crippen LogP contribution in [0, 0.1) is 6.92 Å². The molecular weight excluding hydrogens is 428 g/mol. The van der Waals surface area contributed by atoms with Gasteiger partial charge in [0.15, 0.2) is 0 Å². The Morgan fingerprint density at radius 1 is 1.06 bits per heavy atom. The highest BCUT2D eigenvalue weighted by molar-refractivity contribution is 5.94. The minimum Gasteiger partial charge on any atom is -0.441 e. The molecule has 4 rings (SSSR count). The molecule has 1 saturated heterocycles. The second kappa shape index (κ2) is 11.8. The fourth-order valence-electron chi connectivity index (χ4n) is 4.10. The van der Waals surface area contributed by atoms with E-state index >= 15 is 0 Å². The number of ether oxygens (including phenoxy) is 1. The van der Waals surface area contributed by atoms with Gasteiger partial charge >= 0.3 is 0 Å². The van der Waals surface area contributed by atoms with E-state index in [1.807, 2.05) is 38.1 Å². The molecule has 1 aromatic heterocycles. The largest absolute Gasteiger partial charge is 0.441 e. The second-order valence-corrected chi connectivity index (χ2v) is 8.50. The molecule has 0 unspecified atom stereocenters. The molecule has 7 heteroatoms. The van der Waals surface area contributed by atoms with Crippen molar-refractivity contribution >= 4 is 11.6 Å². The van der Waals surface area contributed by atoms with E-state index < -0.39 is 0 Å². The van der Waals surface area contributed by atoms with Crippen LogP contribution in [0.3, 0.4) is 0 Å². The lowest BCUT2D eigenvalue weighted by Gasteiger charge is -2.35. The van der Waals surface area contributed by atoms with Gasteiger partial charge in [-0.05, 0) is 56.7 Å². The van der Waals surface area contributed by atoms with Crippen LogP contribution in [0.4, 0.5) is 5.69 Å². The van der Waals surface area contributed by atoms with Crippen molar-refractivity contribution in [2.75, 3.05) is 50.8 Å². The normalized spacial score (nSPS) is 14.4. The number of piperazine rings is 1. The number of carbonyl (C=O) groups excluding carboxylic acids is 1. The van der Waals surface area contributed by atoms with Gasteiger partial charge in [0.1, 0.15) is 5.76 Å². The van der Waals surface area contributed by atoms with Crippen molar-refractivity contribution in [3.8, 4) is 11.5 Å². The number of anilines is 1. The Hall–Kier alpha value is -3.16. The van der Waals surface area contributed by atoms with Crippen LogP contribution in [-0.4, -0.2) is 61.7 Å². The number of oxazole rings is 1. The lowest BCUT2D eigenvalue weighted by Crippen LogP contribution is -2.46. The molecule has 0 saturated carbocycles. The molecule has 7 nitrogen and oxygen atoms in total. The minimum absolute atomic E-state index is 0.0815. The van der Waals surface area contributed by atoms with Crippen LogP contribution in [0.15, 0.2) is 59.0 Å². The first-order chi connectivity index (χ1) is 16.6. The number of carbonyl (C=O) groups is 1. The van der Waals surface area contributed by atoms with Gasteiger partial charge in [-0.25, -0.2) is 4.98 Å². The molecular formula is C27H34N4O3. The van der Waals surface area contributed by atoms with Crippen LogP contribution in [-0.2, 0) is 11.3 Å². The van der Waals surface area contributed by atoms with E-state index in [9.17, 15) is 4.79 Å². The van der Waals surface area contributed by atoms with Gasteiger partial charge in [0, 0.05) is 69.3 Å². The number of nitrogens with one attached hydrogen (secondary N) is 1. The molecule has 1 aliphatic rings. The highest BCUT2D eigenvalue weighted by Crippen LogP contribution is 2.24. The lowest BCUT2D eigenvalue weighted by molar-refractivity contribution is 0.0944. The summed E-state index contributed by atoms with van der Waals surface area (Å²) >= 11 is 0. The summed E-state index contributed by atoms with van der Waals surface area (Å²) in [6.07, 6.45) is 0.803. The Kier molecular flexibility index (Phi) is 8.33. The highest BCUT2D eigenvalue weighted by Gasteiger charge is 2.20. The van der Waals surface area contributed by atoms with E-state index in [4.69, 9.17) is 14.1 Å². The number of rotatable bonds is 10. The quantitative estimate of drug-likeness (QED) is 0.457. The first kappa shape index (κ1) is 24.0. The first-order valence-corrected chi connectivity index (χ1v) is 12.1. The summed E-state index contributed by atoms with van der Waals surface area (Å²) in [5.41, 5.74) is 3.75. The zero-order valence-electron chi connectivity index (χ0n) is 20.1. The highest BCUT2D eigenvalue weighted by atomic mass is 16.5. The number of hydrogen-bond acceptors (Lipinski definition) is 6. The van der Waals surface area contributed by atoms with E-state index in [1.54, 1.807) is 0 Å². The van der Waals surface area contributed by atoms with Gasteiger partial charge < -0.3 is 19.4 Å². The van der Waals surface area contributed by atoms with Crippen molar-refractivity contribution in [1.82, 2.24) is 15.2 Å². The maximum Gasteiger partial charge on any atom is 0.251 e. The third kappa shape index (κ3) is 6.24. The molecule has 0 spiro atoms. The van der Waals surface area contributed by atoms with Gasteiger partial charge in [-0.15, -0.1) is 0 Å². The number of benzene rings is 2. The summed E-state index contributed by atoms with van der Waals surface area (Å²) < 4.78 is 11.3. The van der Waals surface area contributed by atoms with Crippen molar-refractivity contribution < 1.29 is 13.9 Å². The molecule has 2 heterocycles. The monoisotopic (exact) mass is 462 g/mol. The van der Waals surface area contributed by atoms with Crippen LogP contribution in [0.5, 0.6) is 0 Å². The third-order valence-corrected chi connectivity index (χ3v) is 6.11. The van der Waals surface area contributed by atoms with E-state index in [1.165, 1.54) is 5.69 Å². The van der Waals surface area contributed by atoms with Crippen molar-refractivity contribution in [3.05, 3.63) is 71.6 Å². The SMILES string of the molecule is CCOCCCNC(=O)c1ccc(-c2nc(CN3CCN(c4ccccc4)CC3)c(C)o2)cc1. The van der Waals surface area contributed by atoms with Crippen molar-refractivity contribution in [2.24, 2.45) is 0 Å². The molecule has 0 radical (unpaired) electrons. The molecule has 0 aliphatic carbocycles. The number of aromatic nitrogens is 1. The summed E-state index contributed by atoms with van der Waals surface area (Å²) in [6, 6.07) is 18.0. The predicted octanol–water partition coefficient (Wildman–Crippen LogP) is 4.13. The van der Waals surface area contributed by atoms with Crippen molar-refractivity contribution in [1.29, 1.82) is 0 Å². The fourth-order valence-corrected chi connectivity index (χ4v) is 4.10. The maximum atomic E-state index is 12.3. The summed E-state index contributed by atoms with van der Waals surface area (Å²) in [7, 11) is 0. The number of aryl methyl sites for hydroxylation is 1. The van der Waals surface area contributed by atoms with Crippen LogP contribution in [0.2, 0.25) is 0 Å². The van der Waals surface area contributed by atoms with Gasteiger partial charge in [-0.3, -0.25) is 9.69 Å². The molecule has 3 aromatic rings. The Labute approximate surface area is 201 Å². The van der Waals surface area contributed by atoms with Gasteiger partial charge in [-0.2, -0.15) is 0 Å². The Bertz CT molecular complexity index is 1040. The maximum absolute atomic E-state index is 12.3. The molecule has 34 heavy (non-hydrogen) atoms. The van der Waals surface area contributed by atoms with E-state index in [2.05, 4.69) is 45.4 Å². The van der Waals surface area contributed by atoms with Gasteiger partial charge in [0.25, 0.3) is 5.91 Å². The molecule has 0 atom stereocenters. The Morgan fingerprint density at radius 2 is 1.79 bits per heavy atom. The zero-order valence-corrected chi connectivity index (χ0v) is 20.1. The Balaban J connectivity index is 1.30. The summed E-state index contributed by atoms with van der Waals surface area (Å²) in [5, 5.41) is 2.92. The number of para-hydroxylation sites is 1. The van der Waals surface area contributed by atoms with Crippen LogP contribution in [0.25, 0.3) is 11.5 Å². The zero-order chi connectivity index (χ0) is 23.8. The van der Waals surface area contributed by atoms with E-state index in [0.717, 1.165) is 56.2 Å². The number of hydrogen-bond donors (Lipinski definition) is 1. The van der Waals surface area contributed by atoms with Crippen molar-refractivity contribution in [3.63, 3.8) is 0 Å². The second-order valence-electron chi connectivity index (χ2n) is 8.50. The van der Waals surface area contributed by atoms with Gasteiger partial charge in [0.2, 0.25) is 5.89 Å². The van der Waals surface area contributed by atoms with E-state index in [0.29, 0.717) is 31.2 Å². The molecule has 1 N–H and O–H groups in total. The molecule has 1 aliphatic heterocycles. The molecule has 1 fully saturated rings. The predicted molar refractivity (Wildman–Crippen MR) is 134 cm³/mol. The summed E-state index contributed by atoms with van der Waals surface area (Å²) in [6.45, 7) is 10.7. The molecule has 180 valence electrons. The van der Waals surface area contributed by atoms with Gasteiger partial charge in [0.05, 0.1) is 5.69 Å². The van der Waals surface area contributed by atoms with Crippen LogP contribution < -0.4 is 10.2 Å². The van der Waals surface area contributed by atoms with Gasteiger partial charge in [-0.1, -0.05) is 18.2 Å². The minimum atomic E-state index is -0.0815. The lowest BCUT2D eigenvalue weighted by atomic mass is 10.1. The standard InChI is InChI=1S/C27H34N4O3/c1-3-33-19-7-14-28-26(32)22-10-12-23(13-11-22)27-29-25(21(2)34-27)20-30-15-17-31(18-16-30)24-8-5-4-6-9-24/h4-6,8-13H,3,7,14-20H2,1-2H3,(H,28,32). The molecule has 0 bridgehead atoms. The average Bonchev–Trinajstić information content (AvgIpc) is 3.25. The number of amides is 1. The topological polar surface area (TPSA) is 70.8 Å². The van der Waals surface area contributed by atoms with Crippen LogP contribution >= 0.6 is 0 Å². The average molecular weight is 463 g/mol.